The third kappa shape index (κ3) is 5.59. The van der Waals surface area contributed by atoms with E-state index in [0.717, 1.165) is 35.6 Å². The van der Waals surface area contributed by atoms with Gasteiger partial charge in [0.2, 0.25) is 17.6 Å². The van der Waals surface area contributed by atoms with Gasteiger partial charge in [-0.2, -0.15) is 0 Å². The number of rotatable bonds is 6. The highest BCUT2D eigenvalue weighted by molar-refractivity contribution is 8.08. The predicted octanol–water partition coefficient (Wildman–Crippen LogP) is 4.96. The van der Waals surface area contributed by atoms with Gasteiger partial charge in [-0.25, -0.2) is 9.97 Å². The number of hydrogen-bond acceptors (Lipinski definition) is 8. The van der Waals surface area contributed by atoms with E-state index in [2.05, 4.69) is 21.7 Å². The Kier molecular flexibility index (Phi) is 7.77. The zero-order valence-corrected chi connectivity index (χ0v) is 23.2. The summed E-state index contributed by atoms with van der Waals surface area (Å²) in [6.07, 6.45) is 7.27. The fraction of sp³-hybridized carbons (Fsp3) is 0.393. The van der Waals surface area contributed by atoms with E-state index in [1.165, 1.54) is 6.20 Å². The maximum atomic E-state index is 13.5. The molecule has 40 heavy (non-hydrogen) atoms. The van der Waals surface area contributed by atoms with Crippen molar-refractivity contribution in [3.8, 4) is 0 Å². The first-order chi connectivity index (χ1) is 19.5. The normalized spacial score (nSPS) is 21.4. The summed E-state index contributed by atoms with van der Waals surface area (Å²) >= 11 is 7.64. The third-order valence-electron chi connectivity index (χ3n) is 7.45. The number of aromatic nitrogens is 2. The van der Waals surface area contributed by atoms with Crippen LogP contribution >= 0.6 is 23.4 Å². The first kappa shape index (κ1) is 26.8. The van der Waals surface area contributed by atoms with Crippen LogP contribution in [0.3, 0.4) is 0 Å². The molecule has 0 spiro atoms. The van der Waals surface area contributed by atoms with Gasteiger partial charge in [-0.3, -0.25) is 14.4 Å². The molecule has 3 aromatic rings. The zero-order chi connectivity index (χ0) is 27.6. The minimum atomic E-state index is -0.561. The molecule has 1 saturated carbocycles. The smallest absolute Gasteiger partial charge is 0.294 e. The molecule has 0 bridgehead atoms. The summed E-state index contributed by atoms with van der Waals surface area (Å²) in [4.78, 5) is 51.0. The number of furan rings is 1. The molecule has 3 aromatic heterocycles. The summed E-state index contributed by atoms with van der Waals surface area (Å²) in [7, 11) is 0. The van der Waals surface area contributed by atoms with Crippen molar-refractivity contribution in [3.63, 3.8) is 0 Å². The molecule has 0 aromatic carbocycles. The number of morpholine rings is 1. The number of carbonyl (C=O) groups excluding carboxylic acids is 3. The van der Waals surface area contributed by atoms with Gasteiger partial charge in [0.1, 0.15) is 23.6 Å². The Balaban J connectivity index is 1.24. The van der Waals surface area contributed by atoms with Crippen LogP contribution in [0.4, 0.5) is 11.5 Å². The van der Waals surface area contributed by atoms with Crippen molar-refractivity contribution in [2.45, 2.75) is 38.1 Å². The van der Waals surface area contributed by atoms with E-state index in [1.54, 1.807) is 30.0 Å². The number of thioether (sulfide) groups is 1. The molecule has 2 aliphatic heterocycles. The van der Waals surface area contributed by atoms with Gasteiger partial charge >= 0.3 is 0 Å². The number of ether oxygens (including phenoxy) is 1. The van der Waals surface area contributed by atoms with Crippen LogP contribution in [-0.4, -0.2) is 64.1 Å². The van der Waals surface area contributed by atoms with Crippen LogP contribution in [-0.2, 0) is 14.3 Å². The lowest BCUT2D eigenvalue weighted by molar-refractivity contribution is -0.146. The molecule has 5 heterocycles. The van der Waals surface area contributed by atoms with E-state index in [9.17, 15) is 14.4 Å². The quantitative estimate of drug-likeness (QED) is 0.418. The molecule has 1 aliphatic carbocycles. The molecule has 6 rings (SSSR count). The topological polar surface area (TPSA) is 127 Å². The first-order valence-electron chi connectivity index (χ1n) is 13.3. The van der Waals surface area contributed by atoms with E-state index >= 15 is 0 Å². The summed E-state index contributed by atoms with van der Waals surface area (Å²) < 4.78 is 11.2. The molecule has 0 radical (unpaired) electrons. The summed E-state index contributed by atoms with van der Waals surface area (Å²) in [6.45, 7) is 1.25. The van der Waals surface area contributed by atoms with Crippen LogP contribution < -0.4 is 10.6 Å². The molecule has 1 saturated heterocycles. The maximum absolute atomic E-state index is 13.5. The van der Waals surface area contributed by atoms with Crippen molar-refractivity contribution in [1.82, 2.24) is 14.9 Å². The van der Waals surface area contributed by atoms with E-state index in [1.807, 2.05) is 11.0 Å². The molecule has 2 N–H and O–H groups in total. The van der Waals surface area contributed by atoms with Gasteiger partial charge in [-0.05, 0) is 56.4 Å². The predicted molar refractivity (Wildman–Crippen MR) is 153 cm³/mol. The molecule has 12 heteroatoms. The largest absolute Gasteiger partial charge is 0.447 e. The van der Waals surface area contributed by atoms with Gasteiger partial charge in [-0.1, -0.05) is 17.7 Å². The highest BCUT2D eigenvalue weighted by Gasteiger charge is 2.34. The van der Waals surface area contributed by atoms with Crippen molar-refractivity contribution in [3.05, 3.63) is 53.0 Å². The number of allylic oxidation sites excluding steroid dienone is 1. The Labute approximate surface area is 239 Å². The van der Waals surface area contributed by atoms with E-state index in [-0.39, 0.29) is 41.8 Å². The second-order valence-electron chi connectivity index (χ2n) is 10.0. The highest BCUT2D eigenvalue weighted by atomic mass is 35.5. The Bertz CT molecular complexity index is 1480. The standard InChI is InChI=1S/C28H28ClN5O5S/c29-17-5-10-22(30-14-17)32-28(37)26-25(24-20(39-26)9-8-19(31-24)21-2-1-13-40-21)33-27(36)16-3-6-18(7-4-16)34-11-12-38-15-23(34)35/h2,5,8-10,14,16,18H,1,3-4,6-7,11-13,15H2,(H,33,36)(H,30,32,37)/t16-,18-. The third-order valence-corrected chi connectivity index (χ3v) is 8.80. The van der Waals surface area contributed by atoms with Crippen LogP contribution in [0, 0.1) is 5.92 Å². The number of nitrogens with zero attached hydrogens (tertiary/aromatic N) is 3. The molecular formula is C28H28ClN5O5S. The van der Waals surface area contributed by atoms with E-state index in [4.69, 9.17) is 25.7 Å². The second kappa shape index (κ2) is 11.6. The van der Waals surface area contributed by atoms with Gasteiger partial charge in [0.15, 0.2) is 5.58 Å². The number of halogens is 1. The lowest BCUT2D eigenvalue weighted by atomic mass is 9.84. The monoisotopic (exact) mass is 581 g/mol. The van der Waals surface area contributed by atoms with Crippen molar-refractivity contribution in [2.24, 2.45) is 5.92 Å². The Hall–Kier alpha value is -3.41. The SMILES string of the molecule is O=C(Nc1ccc(Cl)cn1)c1oc2ccc(C3=CCCS3)nc2c1NC(=O)[C@H]1CC[C@H](N2CCOCC2=O)CC1. The van der Waals surface area contributed by atoms with E-state index in [0.29, 0.717) is 47.9 Å². The van der Waals surface area contributed by atoms with Crippen LogP contribution in [0.15, 0.2) is 41.0 Å². The molecule has 3 aliphatic rings. The summed E-state index contributed by atoms with van der Waals surface area (Å²) in [5, 5.41) is 6.13. The molecule has 208 valence electrons. The summed E-state index contributed by atoms with van der Waals surface area (Å²) in [5.41, 5.74) is 1.82. The first-order valence-corrected chi connectivity index (χ1v) is 14.7. The molecule has 10 nitrogen and oxygen atoms in total. The zero-order valence-electron chi connectivity index (χ0n) is 21.7. The Morgan fingerprint density at radius 2 is 1.95 bits per heavy atom. The van der Waals surface area contributed by atoms with Gasteiger partial charge in [0, 0.05) is 35.4 Å². The van der Waals surface area contributed by atoms with Crippen molar-refractivity contribution in [1.29, 1.82) is 0 Å². The van der Waals surface area contributed by atoms with Crippen molar-refractivity contribution < 1.29 is 23.5 Å². The van der Waals surface area contributed by atoms with Crippen LogP contribution in [0.1, 0.15) is 48.4 Å². The lowest BCUT2D eigenvalue weighted by Gasteiger charge is -2.38. The van der Waals surface area contributed by atoms with Crippen molar-refractivity contribution >= 4 is 68.6 Å². The number of pyridine rings is 2. The minimum absolute atomic E-state index is 0.00673. The van der Waals surface area contributed by atoms with Crippen LogP contribution in [0.25, 0.3) is 16.0 Å². The van der Waals surface area contributed by atoms with Crippen LogP contribution in [0.2, 0.25) is 5.02 Å². The minimum Gasteiger partial charge on any atom is -0.447 e. The van der Waals surface area contributed by atoms with Crippen LogP contribution in [0.5, 0.6) is 0 Å². The van der Waals surface area contributed by atoms with E-state index < -0.39 is 5.91 Å². The average Bonchev–Trinajstić information content (AvgIpc) is 3.63. The Morgan fingerprint density at radius 1 is 1.10 bits per heavy atom. The van der Waals surface area contributed by atoms with Crippen molar-refractivity contribution in [2.75, 3.05) is 36.1 Å². The molecule has 0 unspecified atom stereocenters. The number of hydrogen-bond donors (Lipinski definition) is 2. The van der Waals surface area contributed by atoms with Gasteiger partial charge in [-0.15, -0.1) is 11.8 Å². The maximum Gasteiger partial charge on any atom is 0.294 e. The second-order valence-corrected chi connectivity index (χ2v) is 11.6. The summed E-state index contributed by atoms with van der Waals surface area (Å²) in [6, 6.07) is 6.95. The highest BCUT2D eigenvalue weighted by Crippen LogP contribution is 2.37. The fourth-order valence-corrected chi connectivity index (χ4v) is 6.46. The molecule has 2 fully saturated rings. The number of anilines is 2. The number of nitrogens with one attached hydrogen (secondary N) is 2. The number of amides is 3. The van der Waals surface area contributed by atoms with Gasteiger partial charge < -0.3 is 24.7 Å². The molecule has 0 atom stereocenters. The number of carbonyl (C=O) groups is 3. The Morgan fingerprint density at radius 3 is 2.67 bits per heavy atom. The molecule has 3 amide bonds. The number of fused-ring (bicyclic) bond motifs is 1. The molecular weight excluding hydrogens is 554 g/mol. The summed E-state index contributed by atoms with van der Waals surface area (Å²) in [5.74, 6) is 0.220. The average molecular weight is 582 g/mol. The van der Waals surface area contributed by atoms with Gasteiger partial charge in [0.25, 0.3) is 5.91 Å². The fourth-order valence-electron chi connectivity index (χ4n) is 5.40. The van der Waals surface area contributed by atoms with Gasteiger partial charge in [0.05, 0.1) is 17.3 Å². The lowest BCUT2D eigenvalue weighted by Crippen LogP contribution is -2.49.